The lowest BCUT2D eigenvalue weighted by atomic mass is 9.98. The molecule has 0 fully saturated rings. The first-order valence-electron chi connectivity index (χ1n) is 8.70. The lowest BCUT2D eigenvalue weighted by Gasteiger charge is -2.18. The van der Waals surface area contributed by atoms with Gasteiger partial charge in [-0.3, -0.25) is 4.79 Å². The molecule has 1 unspecified atom stereocenters. The van der Waals surface area contributed by atoms with Crippen LogP contribution in [0.3, 0.4) is 0 Å². The van der Waals surface area contributed by atoms with E-state index in [0.717, 1.165) is 11.1 Å². The Balaban J connectivity index is 0.00000163. The molecule has 0 aliphatic rings. The van der Waals surface area contributed by atoms with Gasteiger partial charge in [-0.25, -0.2) is 4.68 Å². The normalized spacial score (nSPS) is 12.2. The van der Waals surface area contributed by atoms with Crippen molar-refractivity contribution < 1.29 is 9.53 Å². The predicted molar refractivity (Wildman–Crippen MR) is 105 cm³/mol. The van der Waals surface area contributed by atoms with Crippen LogP contribution in [0.4, 0.5) is 0 Å². The zero-order chi connectivity index (χ0) is 19.4. The monoisotopic (exact) mass is 353 g/mol. The third kappa shape index (κ3) is 6.16. The number of hydrogen-bond donors (Lipinski definition) is 0. The lowest BCUT2D eigenvalue weighted by molar-refractivity contribution is -0.142. The molecular formula is C21H27N3O2. The molecule has 1 heterocycles. The summed E-state index contributed by atoms with van der Waals surface area (Å²) in [5.41, 5.74) is 2.65. The summed E-state index contributed by atoms with van der Waals surface area (Å²) in [5.74, 6) is -0.344. The van der Waals surface area contributed by atoms with E-state index in [1.165, 1.54) is 6.92 Å². The Labute approximate surface area is 155 Å². The van der Waals surface area contributed by atoms with Gasteiger partial charge in [-0.1, -0.05) is 80.3 Å². The first kappa shape index (κ1) is 21.1. The molecule has 0 saturated carbocycles. The van der Waals surface area contributed by atoms with E-state index in [0.29, 0.717) is 5.69 Å². The molecule has 5 heteroatoms. The number of carbonyl (C=O) groups excluding carboxylic acids is 1. The van der Waals surface area contributed by atoms with Crippen LogP contribution >= 0.6 is 0 Å². The van der Waals surface area contributed by atoms with Crippen molar-refractivity contribution in [2.75, 3.05) is 0 Å². The third-order valence-electron chi connectivity index (χ3n) is 3.39. The van der Waals surface area contributed by atoms with Crippen molar-refractivity contribution in [3.63, 3.8) is 0 Å². The van der Waals surface area contributed by atoms with Crippen LogP contribution in [-0.2, 0) is 16.1 Å². The Morgan fingerprint density at radius 1 is 1.31 bits per heavy atom. The molecule has 0 saturated heterocycles. The fourth-order valence-electron chi connectivity index (χ4n) is 2.29. The second kappa shape index (κ2) is 11.6. The molecule has 26 heavy (non-hydrogen) atoms. The van der Waals surface area contributed by atoms with Crippen LogP contribution in [0.2, 0.25) is 0 Å². The molecule has 138 valence electrons. The molecule has 1 aromatic carbocycles. The van der Waals surface area contributed by atoms with E-state index in [4.69, 9.17) is 4.74 Å². The summed E-state index contributed by atoms with van der Waals surface area (Å²) in [6.07, 6.45) is 9.51. The fourth-order valence-corrected chi connectivity index (χ4v) is 2.29. The van der Waals surface area contributed by atoms with Gasteiger partial charge in [0.2, 0.25) is 0 Å². The Hall–Kier alpha value is -2.95. The highest BCUT2D eigenvalue weighted by Gasteiger charge is 2.18. The van der Waals surface area contributed by atoms with Crippen molar-refractivity contribution in [1.82, 2.24) is 15.0 Å². The van der Waals surface area contributed by atoms with Crippen LogP contribution in [0, 0.1) is 0 Å². The van der Waals surface area contributed by atoms with E-state index in [2.05, 4.69) is 16.9 Å². The van der Waals surface area contributed by atoms with Gasteiger partial charge in [0.25, 0.3) is 0 Å². The van der Waals surface area contributed by atoms with Gasteiger partial charge < -0.3 is 4.74 Å². The summed E-state index contributed by atoms with van der Waals surface area (Å²) in [6, 6.07) is 9.84. The number of nitrogens with zero attached hydrogens (tertiary/aromatic N) is 3. The Bertz CT molecular complexity index is 746. The Morgan fingerprint density at radius 3 is 2.58 bits per heavy atom. The number of aromatic nitrogens is 3. The summed E-state index contributed by atoms with van der Waals surface area (Å²) in [5, 5.41) is 8.30. The van der Waals surface area contributed by atoms with Crippen molar-refractivity contribution in [2.45, 2.75) is 40.3 Å². The van der Waals surface area contributed by atoms with Crippen molar-refractivity contribution in [3.05, 3.63) is 84.2 Å². The van der Waals surface area contributed by atoms with Gasteiger partial charge in [-0.15, -0.1) is 5.10 Å². The topological polar surface area (TPSA) is 57.0 Å². The van der Waals surface area contributed by atoms with E-state index in [9.17, 15) is 4.79 Å². The number of benzene rings is 1. The molecule has 1 aromatic heterocycles. The first-order chi connectivity index (χ1) is 12.7. The minimum atomic E-state index is -0.344. The zero-order valence-corrected chi connectivity index (χ0v) is 15.9. The van der Waals surface area contributed by atoms with Crippen molar-refractivity contribution in [2.24, 2.45) is 0 Å². The maximum atomic E-state index is 10.9. The van der Waals surface area contributed by atoms with Gasteiger partial charge >= 0.3 is 5.97 Å². The van der Waals surface area contributed by atoms with Gasteiger partial charge in [0, 0.05) is 6.92 Å². The maximum Gasteiger partial charge on any atom is 0.303 e. The smallest absolute Gasteiger partial charge is 0.303 e. The molecule has 0 bridgehead atoms. The molecule has 2 rings (SSSR count). The predicted octanol–water partition coefficient (Wildman–Crippen LogP) is 4.65. The molecule has 1 atom stereocenters. The molecule has 0 amide bonds. The summed E-state index contributed by atoms with van der Waals surface area (Å²) in [6.45, 7) is 11.4. The second-order valence-electron chi connectivity index (χ2n) is 5.18. The van der Waals surface area contributed by atoms with Crippen LogP contribution in [-0.4, -0.2) is 21.0 Å². The van der Waals surface area contributed by atoms with Gasteiger partial charge in [-0.05, 0) is 18.1 Å². The highest BCUT2D eigenvalue weighted by atomic mass is 16.5. The van der Waals surface area contributed by atoms with E-state index in [1.54, 1.807) is 10.9 Å². The van der Waals surface area contributed by atoms with E-state index in [-0.39, 0.29) is 18.6 Å². The van der Waals surface area contributed by atoms with E-state index in [1.807, 2.05) is 75.4 Å². The molecule has 0 N–H and O–H groups in total. The summed E-state index contributed by atoms with van der Waals surface area (Å²) in [7, 11) is 0. The van der Waals surface area contributed by atoms with Crippen molar-refractivity contribution >= 4 is 5.97 Å². The third-order valence-corrected chi connectivity index (χ3v) is 3.39. The quantitative estimate of drug-likeness (QED) is 0.537. The molecular weight excluding hydrogens is 326 g/mol. The average molecular weight is 353 g/mol. The highest BCUT2D eigenvalue weighted by Crippen LogP contribution is 2.26. The van der Waals surface area contributed by atoms with Crippen LogP contribution in [0.1, 0.15) is 45.0 Å². The van der Waals surface area contributed by atoms with Gasteiger partial charge in [-0.2, -0.15) is 0 Å². The lowest BCUT2D eigenvalue weighted by Crippen LogP contribution is -2.13. The second-order valence-corrected chi connectivity index (χ2v) is 5.18. The molecule has 0 aliphatic heterocycles. The summed E-state index contributed by atoms with van der Waals surface area (Å²) < 4.78 is 6.73. The first-order valence-corrected chi connectivity index (χ1v) is 8.70. The zero-order valence-electron chi connectivity index (χ0n) is 15.9. The standard InChI is InChI=1S/C19H21N3O2.C2H6/c1-4-6-10-16(5-2)19(17-11-8-7-9-12-17)22-13-18(20-21-22)14-24-15(3)23;1-2/h4-13,19H,2,14H2,1,3H3;1-2H3/b6-4-,16-10+;. The maximum absolute atomic E-state index is 10.9. The van der Waals surface area contributed by atoms with Gasteiger partial charge in [0.15, 0.2) is 0 Å². The Kier molecular flexibility index (Phi) is 9.39. The molecule has 5 nitrogen and oxygen atoms in total. The minimum Gasteiger partial charge on any atom is -0.459 e. The molecule has 0 aliphatic carbocycles. The highest BCUT2D eigenvalue weighted by molar-refractivity contribution is 5.65. The molecule has 0 radical (unpaired) electrons. The van der Waals surface area contributed by atoms with E-state index >= 15 is 0 Å². The number of hydrogen-bond acceptors (Lipinski definition) is 4. The van der Waals surface area contributed by atoms with Crippen LogP contribution in [0.5, 0.6) is 0 Å². The Morgan fingerprint density at radius 2 is 2.00 bits per heavy atom. The summed E-state index contributed by atoms with van der Waals surface area (Å²) >= 11 is 0. The number of esters is 1. The number of ether oxygens (including phenoxy) is 1. The van der Waals surface area contributed by atoms with E-state index < -0.39 is 0 Å². The van der Waals surface area contributed by atoms with Crippen molar-refractivity contribution in [1.29, 1.82) is 0 Å². The molecule has 0 spiro atoms. The summed E-state index contributed by atoms with van der Waals surface area (Å²) in [4.78, 5) is 10.9. The number of carbonyl (C=O) groups is 1. The average Bonchev–Trinajstić information content (AvgIpc) is 3.14. The fraction of sp³-hybridized carbons (Fsp3) is 0.286. The van der Waals surface area contributed by atoms with Crippen LogP contribution < -0.4 is 0 Å². The van der Waals surface area contributed by atoms with Crippen LogP contribution in [0.15, 0.2) is 73.0 Å². The number of allylic oxidation sites excluding steroid dienone is 5. The molecule has 2 aromatic rings. The minimum absolute atomic E-state index is 0.110. The van der Waals surface area contributed by atoms with Crippen LogP contribution in [0.25, 0.3) is 0 Å². The van der Waals surface area contributed by atoms with Gasteiger partial charge in [0.1, 0.15) is 18.3 Å². The van der Waals surface area contributed by atoms with Crippen molar-refractivity contribution in [3.8, 4) is 0 Å². The van der Waals surface area contributed by atoms with Gasteiger partial charge in [0.05, 0.1) is 6.20 Å². The SMILES string of the molecule is C=C/C(=C\C=C/C)C(c1ccccc1)n1cc(COC(C)=O)nn1.CC. The number of rotatable bonds is 7. The largest absolute Gasteiger partial charge is 0.459 e.